The number of hydrogen-bond donors (Lipinski definition) is 2. The summed E-state index contributed by atoms with van der Waals surface area (Å²) in [5, 5.41) is 9.73. The third kappa shape index (κ3) is 5.19. The summed E-state index contributed by atoms with van der Waals surface area (Å²) in [5.74, 6) is -0.631. The van der Waals surface area contributed by atoms with Crippen molar-refractivity contribution in [1.29, 1.82) is 0 Å². The first kappa shape index (κ1) is 25.6. The summed E-state index contributed by atoms with van der Waals surface area (Å²) in [4.78, 5) is 30.4. The van der Waals surface area contributed by atoms with Crippen molar-refractivity contribution >= 4 is 34.8 Å². The van der Waals surface area contributed by atoms with Crippen LogP contribution in [0.25, 0.3) is 11.3 Å². The van der Waals surface area contributed by atoms with Gasteiger partial charge in [-0.1, -0.05) is 0 Å². The number of amides is 2. The molecule has 0 fully saturated rings. The molecule has 0 radical (unpaired) electrons. The number of fused-ring (bicyclic) bond motifs is 1. The van der Waals surface area contributed by atoms with Crippen LogP contribution in [0.3, 0.4) is 0 Å². The van der Waals surface area contributed by atoms with E-state index in [1.54, 1.807) is 29.3 Å². The smallest absolute Gasteiger partial charge is 0.420 e. The van der Waals surface area contributed by atoms with Crippen LogP contribution in [0.15, 0.2) is 48.7 Å². The summed E-state index contributed by atoms with van der Waals surface area (Å²) in [6.07, 6.45) is 1.61. The fourth-order valence-corrected chi connectivity index (χ4v) is 4.35. The molecule has 2 aromatic carbocycles. The number of likely N-dealkylation sites (N-methyl/N-ethyl adjacent to an activating group) is 1. The summed E-state index contributed by atoms with van der Waals surface area (Å²) < 4.78 is 30.0. The largest absolute Gasteiger partial charge is 0.487 e. The molecule has 0 bridgehead atoms. The molecule has 1 aromatic heterocycles. The molecule has 2 amide bonds. The first-order chi connectivity index (χ1) is 16.9. The van der Waals surface area contributed by atoms with Crippen molar-refractivity contribution in [2.75, 3.05) is 37.4 Å². The Morgan fingerprint density at radius 1 is 1.22 bits per heavy atom. The molecule has 190 valence electrons. The molecular weight excluding hydrogens is 492 g/mol. The molecule has 0 aliphatic carbocycles. The molecule has 0 unspecified atom stereocenters. The highest BCUT2D eigenvalue weighted by Gasteiger charge is 2.46. The first-order valence-electron chi connectivity index (χ1n) is 11.2. The minimum atomic E-state index is -3.83. The van der Waals surface area contributed by atoms with Crippen molar-refractivity contribution < 1.29 is 23.1 Å². The molecule has 3 aromatic rings. The average molecular weight is 518 g/mol. The van der Waals surface area contributed by atoms with Gasteiger partial charge in [-0.3, -0.25) is 14.7 Å². The number of aromatic nitrogens is 2. The summed E-state index contributed by atoms with van der Waals surface area (Å²) in [7, 11) is 3.86. The van der Waals surface area contributed by atoms with Gasteiger partial charge in [-0.05, 0) is 70.4 Å². The number of aromatic amines is 1. The summed E-state index contributed by atoms with van der Waals surface area (Å²) >= 11 is 4.79. The van der Waals surface area contributed by atoms with Gasteiger partial charge in [-0.25, -0.2) is 0 Å². The zero-order valence-electron chi connectivity index (χ0n) is 20.2. The van der Waals surface area contributed by atoms with E-state index in [-0.39, 0.29) is 11.7 Å². The molecule has 8 nitrogen and oxygen atoms in total. The number of benzene rings is 2. The monoisotopic (exact) mass is 517 g/mol. The fourth-order valence-electron chi connectivity index (χ4n) is 4.26. The van der Waals surface area contributed by atoms with E-state index >= 15 is 0 Å². The van der Waals surface area contributed by atoms with Crippen molar-refractivity contribution in [1.82, 2.24) is 15.1 Å². The van der Waals surface area contributed by atoms with Gasteiger partial charge in [0.1, 0.15) is 5.75 Å². The van der Waals surface area contributed by atoms with Crippen molar-refractivity contribution in [3.8, 4) is 17.0 Å². The summed E-state index contributed by atoms with van der Waals surface area (Å²) in [5.41, 5.74) is -1.08. The lowest BCUT2D eigenvalue weighted by molar-refractivity contribution is -0.122. The zero-order valence-corrected chi connectivity index (χ0v) is 21.0. The van der Waals surface area contributed by atoms with Gasteiger partial charge in [0.25, 0.3) is 5.91 Å². The molecule has 36 heavy (non-hydrogen) atoms. The van der Waals surface area contributed by atoms with Crippen LogP contribution in [0, 0.1) is 0 Å². The van der Waals surface area contributed by atoms with Gasteiger partial charge in [0.2, 0.25) is 5.91 Å². The van der Waals surface area contributed by atoms with Crippen LogP contribution < -0.4 is 15.0 Å². The molecule has 1 aliphatic heterocycles. The van der Waals surface area contributed by atoms with Crippen molar-refractivity contribution in [2.24, 2.45) is 0 Å². The number of ether oxygens (including phenoxy) is 1. The minimum Gasteiger partial charge on any atom is -0.420 e. The molecular formula is C25H26ClF2N5O3. The van der Waals surface area contributed by atoms with E-state index in [0.29, 0.717) is 41.3 Å². The lowest BCUT2D eigenvalue weighted by Gasteiger charge is -2.22. The van der Waals surface area contributed by atoms with Crippen LogP contribution >= 0.6 is 11.6 Å². The molecule has 11 heteroatoms. The van der Waals surface area contributed by atoms with Gasteiger partial charge >= 0.3 is 5.57 Å². The second-order valence-electron chi connectivity index (χ2n) is 9.30. The number of nitrogens with one attached hydrogen (secondary N) is 2. The highest BCUT2D eigenvalue weighted by molar-refractivity contribution is 6.20. The predicted octanol–water partition coefficient (Wildman–Crippen LogP) is 4.68. The number of nitrogens with zero attached hydrogens (tertiary/aromatic N) is 3. The van der Waals surface area contributed by atoms with Gasteiger partial charge in [0.05, 0.1) is 11.1 Å². The second-order valence-corrected chi connectivity index (χ2v) is 9.74. The Bertz CT molecular complexity index is 1270. The average Bonchev–Trinajstić information content (AvgIpc) is 3.39. The Kier molecular flexibility index (Phi) is 6.76. The Hall–Kier alpha value is -3.50. The van der Waals surface area contributed by atoms with Gasteiger partial charge in [-0.15, -0.1) is 8.78 Å². The number of carbonyl (C=O) groups excluding carboxylic acids is 2. The third-order valence-corrected chi connectivity index (χ3v) is 6.06. The lowest BCUT2D eigenvalue weighted by Crippen LogP contribution is -2.39. The standard InChI is InChI=1S/C25H26ClF2N5O3/c1-24(2)21-18(19-9-10-29-31-19)13-15(14-20(21)33(23(24)35)12-11-32(3)4)22(34)30-16-5-7-17(8-6-16)36-25(26,27)28/h5-10,13-14H,11-12H2,1-4H3,(H,29,31)(H,30,34). The van der Waals surface area contributed by atoms with Crippen LogP contribution in [0.2, 0.25) is 0 Å². The van der Waals surface area contributed by atoms with Gasteiger partial charge in [0, 0.05) is 59.0 Å². The third-order valence-electron chi connectivity index (χ3n) is 5.98. The van der Waals surface area contributed by atoms with Crippen LogP contribution in [-0.2, 0) is 10.2 Å². The van der Waals surface area contributed by atoms with Crippen LogP contribution in [0.5, 0.6) is 5.75 Å². The van der Waals surface area contributed by atoms with Crippen LogP contribution in [0.4, 0.5) is 20.2 Å². The molecule has 4 rings (SSSR count). The molecule has 2 heterocycles. The first-order valence-corrected chi connectivity index (χ1v) is 11.6. The molecule has 2 N–H and O–H groups in total. The normalized spacial score (nSPS) is 14.8. The van der Waals surface area contributed by atoms with Gasteiger partial charge in [-0.2, -0.15) is 5.10 Å². The Balaban J connectivity index is 1.71. The summed E-state index contributed by atoms with van der Waals surface area (Å²) in [6.45, 7) is 4.85. The Labute approximate surface area is 212 Å². The highest BCUT2D eigenvalue weighted by Crippen LogP contribution is 2.47. The van der Waals surface area contributed by atoms with Crippen LogP contribution in [0.1, 0.15) is 29.8 Å². The highest BCUT2D eigenvalue weighted by atomic mass is 35.5. The molecule has 0 atom stereocenters. The predicted molar refractivity (Wildman–Crippen MR) is 134 cm³/mol. The fraction of sp³-hybridized carbons (Fsp3) is 0.320. The maximum absolute atomic E-state index is 13.4. The number of alkyl halides is 3. The Morgan fingerprint density at radius 3 is 2.50 bits per heavy atom. The van der Waals surface area contributed by atoms with Crippen molar-refractivity contribution in [2.45, 2.75) is 24.8 Å². The topological polar surface area (TPSA) is 90.6 Å². The number of H-pyrrole nitrogens is 1. The number of carbonyl (C=O) groups is 2. The molecule has 0 saturated carbocycles. The lowest BCUT2D eigenvalue weighted by atomic mass is 9.81. The molecule has 0 saturated heterocycles. The quantitative estimate of drug-likeness (QED) is 0.423. The number of hydrogen-bond acceptors (Lipinski definition) is 5. The van der Waals surface area contributed by atoms with E-state index in [0.717, 1.165) is 5.56 Å². The van der Waals surface area contributed by atoms with Crippen LogP contribution in [-0.4, -0.2) is 59.7 Å². The van der Waals surface area contributed by atoms with E-state index in [1.165, 1.54) is 24.3 Å². The van der Waals surface area contributed by atoms with Gasteiger partial charge in [0.15, 0.2) is 0 Å². The van der Waals surface area contributed by atoms with E-state index < -0.39 is 16.9 Å². The van der Waals surface area contributed by atoms with E-state index in [4.69, 9.17) is 11.6 Å². The Morgan fingerprint density at radius 2 is 1.92 bits per heavy atom. The number of anilines is 2. The van der Waals surface area contributed by atoms with Crippen molar-refractivity contribution in [3.63, 3.8) is 0 Å². The maximum Gasteiger partial charge on any atom is 0.487 e. The van der Waals surface area contributed by atoms with E-state index in [1.807, 2.05) is 32.8 Å². The second kappa shape index (κ2) is 9.51. The number of rotatable bonds is 8. The van der Waals surface area contributed by atoms with Gasteiger partial charge < -0.3 is 19.9 Å². The van der Waals surface area contributed by atoms with E-state index in [2.05, 4.69) is 20.3 Å². The summed E-state index contributed by atoms with van der Waals surface area (Å²) in [6, 6.07) is 10.6. The van der Waals surface area contributed by atoms with E-state index in [9.17, 15) is 18.4 Å². The number of halogens is 3. The maximum atomic E-state index is 13.4. The zero-order chi connectivity index (χ0) is 26.3. The van der Waals surface area contributed by atoms with Crippen molar-refractivity contribution in [3.05, 3.63) is 59.8 Å². The molecule has 0 spiro atoms. The molecule has 1 aliphatic rings. The SMILES string of the molecule is CN(C)CCN1C(=O)C(C)(C)c2c(-c3ccn[nH]3)cc(C(=O)Nc3ccc(OC(F)(F)Cl)cc3)cc21. The minimum absolute atomic E-state index is 0.0515.